The lowest BCUT2D eigenvalue weighted by atomic mass is 9.69. The molecule has 0 radical (unpaired) electrons. The van der Waals surface area contributed by atoms with Crippen LogP contribution in [0.3, 0.4) is 0 Å². The largest absolute Gasteiger partial charge is 0.313 e. The molecule has 1 nitrogen and oxygen atoms in total. The van der Waals surface area contributed by atoms with E-state index in [1.54, 1.807) is 0 Å². The first-order valence-corrected chi connectivity index (χ1v) is 6.36. The van der Waals surface area contributed by atoms with E-state index in [1.165, 1.54) is 19.3 Å². The Morgan fingerprint density at radius 1 is 1.40 bits per heavy atom. The summed E-state index contributed by atoms with van der Waals surface area (Å²) < 4.78 is 0. The van der Waals surface area contributed by atoms with Gasteiger partial charge in [0.25, 0.3) is 0 Å². The Balaban J connectivity index is 2.02. The van der Waals surface area contributed by atoms with Gasteiger partial charge in [-0.15, -0.1) is 6.58 Å². The van der Waals surface area contributed by atoms with E-state index in [0.717, 1.165) is 24.9 Å². The van der Waals surface area contributed by atoms with Crippen LogP contribution in [-0.2, 0) is 0 Å². The smallest absolute Gasteiger partial charge is 0.0129 e. The van der Waals surface area contributed by atoms with Crippen LogP contribution in [0.25, 0.3) is 0 Å². The minimum Gasteiger partial charge on any atom is -0.313 e. The van der Waals surface area contributed by atoms with E-state index in [1.807, 2.05) is 6.08 Å². The van der Waals surface area contributed by atoms with E-state index in [2.05, 4.69) is 32.7 Å². The topological polar surface area (TPSA) is 12.0 Å². The first-order chi connectivity index (χ1) is 7.02. The molecule has 1 heteroatoms. The molecule has 0 aliphatic heterocycles. The van der Waals surface area contributed by atoms with Crippen LogP contribution < -0.4 is 5.32 Å². The summed E-state index contributed by atoms with van der Waals surface area (Å²) in [4.78, 5) is 0. The highest BCUT2D eigenvalue weighted by Gasteiger charge is 2.60. The fourth-order valence-corrected chi connectivity index (χ4v) is 3.87. The molecule has 15 heavy (non-hydrogen) atoms. The molecule has 2 aliphatic carbocycles. The van der Waals surface area contributed by atoms with Crippen molar-refractivity contribution in [2.75, 3.05) is 6.54 Å². The maximum Gasteiger partial charge on any atom is 0.0129 e. The van der Waals surface area contributed by atoms with Crippen molar-refractivity contribution in [1.29, 1.82) is 0 Å². The van der Waals surface area contributed by atoms with Crippen molar-refractivity contribution in [1.82, 2.24) is 5.32 Å². The summed E-state index contributed by atoms with van der Waals surface area (Å²) in [5.41, 5.74) is 1.07. The second-order valence-electron chi connectivity index (χ2n) is 6.19. The number of fused-ring (bicyclic) bond motifs is 2. The lowest BCUT2D eigenvalue weighted by Gasteiger charge is -2.39. The molecule has 2 bridgehead atoms. The van der Waals surface area contributed by atoms with Crippen LogP contribution in [0.15, 0.2) is 12.7 Å². The van der Waals surface area contributed by atoms with Crippen LogP contribution in [0.1, 0.15) is 46.5 Å². The van der Waals surface area contributed by atoms with Crippen LogP contribution in [0.4, 0.5) is 0 Å². The summed E-state index contributed by atoms with van der Waals surface area (Å²) in [6.07, 6.45) is 7.35. The Hall–Kier alpha value is -0.300. The molecular formula is C14H25N. The fourth-order valence-electron chi connectivity index (χ4n) is 3.87. The lowest BCUT2D eigenvalue weighted by molar-refractivity contribution is 0.121. The molecule has 1 N–H and O–H groups in total. The van der Waals surface area contributed by atoms with Crippen molar-refractivity contribution in [3.05, 3.63) is 12.7 Å². The highest BCUT2D eigenvalue weighted by molar-refractivity contribution is 5.12. The van der Waals surface area contributed by atoms with Gasteiger partial charge in [-0.05, 0) is 49.0 Å². The van der Waals surface area contributed by atoms with Gasteiger partial charge in [-0.2, -0.15) is 0 Å². The predicted molar refractivity (Wildman–Crippen MR) is 65.8 cm³/mol. The van der Waals surface area contributed by atoms with Crippen molar-refractivity contribution < 1.29 is 0 Å². The summed E-state index contributed by atoms with van der Waals surface area (Å²) in [6.45, 7) is 12.3. The van der Waals surface area contributed by atoms with Crippen molar-refractivity contribution in [2.45, 2.75) is 52.5 Å². The van der Waals surface area contributed by atoms with Gasteiger partial charge in [0.15, 0.2) is 0 Å². The number of nitrogens with one attached hydrogen (secondary N) is 1. The minimum absolute atomic E-state index is 0.527. The van der Waals surface area contributed by atoms with Gasteiger partial charge in [-0.3, -0.25) is 0 Å². The maximum absolute atomic E-state index is 3.78. The van der Waals surface area contributed by atoms with Crippen molar-refractivity contribution in [3.8, 4) is 0 Å². The van der Waals surface area contributed by atoms with Crippen LogP contribution in [0.5, 0.6) is 0 Å². The van der Waals surface area contributed by atoms with Gasteiger partial charge in [-0.1, -0.05) is 26.8 Å². The molecule has 86 valence electrons. The van der Waals surface area contributed by atoms with Crippen LogP contribution in [0.2, 0.25) is 0 Å². The average Bonchev–Trinajstić information content (AvgIpc) is 2.51. The van der Waals surface area contributed by atoms with Gasteiger partial charge >= 0.3 is 0 Å². The standard InChI is InChI=1S/C14H25N/c1-5-6-9-15-12-10-11-7-8-14(12,4)13(11,2)3/h5,11-12,15H,1,6-10H2,2-4H3. The monoisotopic (exact) mass is 207 g/mol. The Kier molecular flexibility index (Phi) is 2.70. The van der Waals surface area contributed by atoms with Gasteiger partial charge in [0.05, 0.1) is 0 Å². The molecule has 2 aliphatic rings. The summed E-state index contributed by atoms with van der Waals surface area (Å²) in [5, 5.41) is 3.74. The third-order valence-corrected chi connectivity index (χ3v) is 5.53. The zero-order valence-corrected chi connectivity index (χ0v) is 10.5. The van der Waals surface area contributed by atoms with Crippen molar-refractivity contribution >= 4 is 0 Å². The third-order valence-electron chi connectivity index (χ3n) is 5.53. The molecule has 2 fully saturated rings. The van der Waals surface area contributed by atoms with Gasteiger partial charge in [0, 0.05) is 6.04 Å². The van der Waals surface area contributed by atoms with Gasteiger partial charge in [-0.25, -0.2) is 0 Å². The molecule has 0 spiro atoms. The number of hydrogen-bond donors (Lipinski definition) is 1. The molecule has 2 rings (SSSR count). The zero-order chi connectivity index (χ0) is 11.1. The van der Waals surface area contributed by atoms with Gasteiger partial charge in [0.1, 0.15) is 0 Å². The molecule has 3 unspecified atom stereocenters. The van der Waals surface area contributed by atoms with E-state index < -0.39 is 0 Å². The highest BCUT2D eigenvalue weighted by Crippen LogP contribution is 2.65. The molecule has 0 aromatic carbocycles. The third kappa shape index (κ3) is 1.47. The molecule has 0 saturated heterocycles. The van der Waals surface area contributed by atoms with Crippen molar-refractivity contribution in [3.63, 3.8) is 0 Å². The SMILES string of the molecule is C=CCCNC1CC2CCC1(C)C2(C)C. The molecule has 0 aromatic rings. The second kappa shape index (κ2) is 3.62. The summed E-state index contributed by atoms with van der Waals surface area (Å²) in [6, 6.07) is 0.742. The first-order valence-electron chi connectivity index (χ1n) is 6.36. The maximum atomic E-state index is 3.78. The molecule has 0 amide bonds. The fraction of sp³-hybridized carbons (Fsp3) is 0.857. The van der Waals surface area contributed by atoms with Gasteiger partial charge < -0.3 is 5.32 Å². The molecule has 0 aromatic heterocycles. The normalized spacial score (nSPS) is 42.1. The minimum atomic E-state index is 0.527. The van der Waals surface area contributed by atoms with Gasteiger partial charge in [0.2, 0.25) is 0 Å². The van der Waals surface area contributed by atoms with Crippen molar-refractivity contribution in [2.24, 2.45) is 16.7 Å². The van der Waals surface area contributed by atoms with Crippen LogP contribution >= 0.6 is 0 Å². The highest BCUT2D eigenvalue weighted by atomic mass is 15.0. The second-order valence-corrected chi connectivity index (χ2v) is 6.19. The first kappa shape index (κ1) is 11.2. The molecule has 0 heterocycles. The summed E-state index contributed by atoms with van der Waals surface area (Å²) in [7, 11) is 0. The predicted octanol–water partition coefficient (Wildman–Crippen LogP) is 3.37. The van der Waals surface area contributed by atoms with E-state index in [4.69, 9.17) is 0 Å². The van der Waals surface area contributed by atoms with Crippen LogP contribution in [0, 0.1) is 16.7 Å². The quantitative estimate of drug-likeness (QED) is 0.550. The molecule has 3 atom stereocenters. The van der Waals surface area contributed by atoms with Crippen LogP contribution in [-0.4, -0.2) is 12.6 Å². The Bertz CT molecular complexity index is 256. The van der Waals surface area contributed by atoms with E-state index >= 15 is 0 Å². The zero-order valence-electron chi connectivity index (χ0n) is 10.5. The molecular weight excluding hydrogens is 182 g/mol. The Morgan fingerprint density at radius 3 is 2.60 bits per heavy atom. The summed E-state index contributed by atoms with van der Waals surface area (Å²) >= 11 is 0. The van der Waals surface area contributed by atoms with E-state index in [9.17, 15) is 0 Å². The Morgan fingerprint density at radius 2 is 2.13 bits per heavy atom. The van der Waals surface area contributed by atoms with E-state index in [0.29, 0.717) is 10.8 Å². The number of rotatable bonds is 4. The molecule has 2 saturated carbocycles. The van der Waals surface area contributed by atoms with E-state index in [-0.39, 0.29) is 0 Å². The Labute approximate surface area is 94.3 Å². The summed E-state index contributed by atoms with van der Waals surface area (Å²) in [5.74, 6) is 0.948. The lowest BCUT2D eigenvalue weighted by Crippen LogP contribution is -2.44. The average molecular weight is 207 g/mol. The number of hydrogen-bond acceptors (Lipinski definition) is 1.